The van der Waals surface area contributed by atoms with Gasteiger partial charge in [-0.15, -0.1) is 0 Å². The second-order valence-electron chi connectivity index (χ2n) is 7.99. The average Bonchev–Trinajstić information content (AvgIpc) is 3.54. The molecule has 0 spiro atoms. The van der Waals surface area contributed by atoms with E-state index in [1.165, 1.54) is 31.4 Å². The van der Waals surface area contributed by atoms with E-state index in [-0.39, 0.29) is 29.6 Å². The zero-order valence-electron chi connectivity index (χ0n) is 18.7. The number of esters is 1. The Balaban J connectivity index is 1.41. The van der Waals surface area contributed by atoms with Gasteiger partial charge in [0.2, 0.25) is 5.76 Å². The summed E-state index contributed by atoms with van der Waals surface area (Å²) in [6.07, 6.45) is 3.52. The molecule has 0 bridgehead atoms. The zero-order valence-corrected chi connectivity index (χ0v) is 18.7. The summed E-state index contributed by atoms with van der Waals surface area (Å²) in [5.41, 5.74) is 2.73. The molecule has 0 atom stereocenters. The molecule has 9 heteroatoms. The van der Waals surface area contributed by atoms with Gasteiger partial charge in [-0.2, -0.15) is 0 Å². The third-order valence-electron chi connectivity index (χ3n) is 5.71. The van der Waals surface area contributed by atoms with Crippen molar-refractivity contribution in [3.63, 3.8) is 0 Å². The number of urea groups is 1. The van der Waals surface area contributed by atoms with Gasteiger partial charge in [0.05, 0.1) is 13.7 Å². The van der Waals surface area contributed by atoms with Crippen molar-refractivity contribution in [3.8, 4) is 0 Å². The molecule has 1 aliphatic rings. The maximum Gasteiger partial charge on any atom is 0.373 e. The number of ether oxygens (including phenoxy) is 1. The molecule has 8 nitrogen and oxygen atoms in total. The Morgan fingerprint density at radius 3 is 2.60 bits per heavy atom. The molecule has 2 aromatic heterocycles. The first kappa shape index (κ1) is 22.1. The van der Waals surface area contributed by atoms with Crippen molar-refractivity contribution in [2.75, 3.05) is 7.11 Å². The van der Waals surface area contributed by atoms with Gasteiger partial charge < -0.3 is 19.0 Å². The molecule has 0 aliphatic carbocycles. The molecule has 3 amide bonds. The summed E-state index contributed by atoms with van der Waals surface area (Å²) in [6, 6.07) is 16.3. The second kappa shape index (κ2) is 8.94. The van der Waals surface area contributed by atoms with E-state index >= 15 is 0 Å². The van der Waals surface area contributed by atoms with E-state index in [9.17, 15) is 18.8 Å². The fourth-order valence-electron chi connectivity index (χ4n) is 4.01. The summed E-state index contributed by atoms with van der Waals surface area (Å²) >= 11 is 0. The lowest BCUT2D eigenvalue weighted by atomic mass is 10.1. The number of furan rings is 1. The summed E-state index contributed by atoms with van der Waals surface area (Å²) in [7, 11) is 1.23. The van der Waals surface area contributed by atoms with Gasteiger partial charge in [0, 0.05) is 29.2 Å². The van der Waals surface area contributed by atoms with Gasteiger partial charge in [-0.05, 0) is 42.0 Å². The first-order chi connectivity index (χ1) is 16.9. The number of carbonyl (C=O) groups excluding carboxylic acids is 3. The first-order valence-electron chi connectivity index (χ1n) is 10.8. The number of imide groups is 1. The van der Waals surface area contributed by atoms with E-state index < -0.39 is 17.9 Å². The molecule has 0 radical (unpaired) electrons. The standard InChI is InChI=1S/C26H20FN3O5/c1-34-25(32)23-11-10-19(35-23)15-30-24(31)21(28-26(30)33)12-17-14-29(22-5-3-2-4-20(17)22)13-16-6-8-18(27)9-7-16/h2-12,14H,13,15H2,1H3,(H,28,33). The summed E-state index contributed by atoms with van der Waals surface area (Å²) < 4.78 is 25.3. The van der Waals surface area contributed by atoms with Crippen molar-refractivity contribution in [2.24, 2.45) is 0 Å². The number of rotatable bonds is 6. The summed E-state index contributed by atoms with van der Waals surface area (Å²) in [6.45, 7) is 0.378. The fraction of sp³-hybridized carbons (Fsp3) is 0.115. The van der Waals surface area contributed by atoms with Crippen LogP contribution in [-0.4, -0.2) is 34.5 Å². The Morgan fingerprint density at radius 1 is 1.06 bits per heavy atom. The smallest absolute Gasteiger partial charge is 0.373 e. The lowest BCUT2D eigenvalue weighted by molar-refractivity contribution is -0.123. The highest BCUT2D eigenvalue weighted by molar-refractivity contribution is 6.14. The second-order valence-corrected chi connectivity index (χ2v) is 7.99. The van der Waals surface area contributed by atoms with Crippen LogP contribution in [0.5, 0.6) is 0 Å². The van der Waals surface area contributed by atoms with E-state index in [4.69, 9.17) is 4.42 Å². The number of hydrogen-bond acceptors (Lipinski definition) is 5. The quantitative estimate of drug-likeness (QED) is 0.256. The highest BCUT2D eigenvalue weighted by Gasteiger charge is 2.34. The van der Waals surface area contributed by atoms with Crippen LogP contribution in [-0.2, 0) is 22.6 Å². The Labute approximate surface area is 199 Å². The topological polar surface area (TPSA) is 93.8 Å². The number of hydrogen-bond donors (Lipinski definition) is 1. The van der Waals surface area contributed by atoms with Crippen molar-refractivity contribution >= 4 is 34.9 Å². The number of halogens is 1. The monoisotopic (exact) mass is 473 g/mol. The van der Waals surface area contributed by atoms with Crippen LogP contribution >= 0.6 is 0 Å². The van der Waals surface area contributed by atoms with Crippen molar-refractivity contribution in [2.45, 2.75) is 13.1 Å². The van der Waals surface area contributed by atoms with Gasteiger partial charge in [0.15, 0.2) is 0 Å². The molecule has 3 heterocycles. The van der Waals surface area contributed by atoms with Gasteiger partial charge in [0.25, 0.3) is 5.91 Å². The third kappa shape index (κ3) is 4.31. The van der Waals surface area contributed by atoms with E-state index in [0.717, 1.165) is 26.9 Å². The molecule has 5 rings (SSSR count). The molecule has 176 valence electrons. The number of amides is 3. The number of methoxy groups -OCH3 is 1. The van der Waals surface area contributed by atoms with E-state index in [2.05, 4.69) is 10.1 Å². The maximum absolute atomic E-state index is 13.3. The summed E-state index contributed by atoms with van der Waals surface area (Å²) in [4.78, 5) is 38.1. The van der Waals surface area contributed by atoms with Crippen molar-refractivity contribution < 1.29 is 27.9 Å². The van der Waals surface area contributed by atoms with Crippen LogP contribution in [0.3, 0.4) is 0 Å². The minimum Gasteiger partial charge on any atom is -0.463 e. The van der Waals surface area contributed by atoms with Crippen LogP contribution in [0.2, 0.25) is 0 Å². The van der Waals surface area contributed by atoms with E-state index in [1.807, 2.05) is 35.0 Å². The molecule has 0 saturated carbocycles. The molecule has 0 unspecified atom stereocenters. The molecular formula is C26H20FN3O5. The maximum atomic E-state index is 13.3. The summed E-state index contributed by atoms with van der Waals surface area (Å²) in [5.74, 6) is -1.20. The van der Waals surface area contributed by atoms with E-state index in [1.54, 1.807) is 18.2 Å². The van der Waals surface area contributed by atoms with Crippen LogP contribution in [0.4, 0.5) is 9.18 Å². The minimum atomic E-state index is -0.647. The van der Waals surface area contributed by atoms with Crippen LogP contribution in [0, 0.1) is 5.82 Å². The predicted molar refractivity (Wildman–Crippen MR) is 125 cm³/mol. The molecule has 1 N–H and O–H groups in total. The number of nitrogens with one attached hydrogen (secondary N) is 1. The highest BCUT2D eigenvalue weighted by Crippen LogP contribution is 2.26. The fourth-order valence-corrected chi connectivity index (χ4v) is 4.01. The highest BCUT2D eigenvalue weighted by atomic mass is 19.1. The zero-order chi connectivity index (χ0) is 24.5. The number of fused-ring (bicyclic) bond motifs is 1. The number of para-hydroxylation sites is 1. The van der Waals surface area contributed by atoms with Crippen LogP contribution in [0.25, 0.3) is 17.0 Å². The van der Waals surface area contributed by atoms with E-state index in [0.29, 0.717) is 6.54 Å². The van der Waals surface area contributed by atoms with Crippen LogP contribution in [0.15, 0.2) is 77.0 Å². The average molecular weight is 473 g/mol. The molecule has 1 aliphatic heterocycles. The first-order valence-corrected chi connectivity index (χ1v) is 10.8. The molecule has 1 fully saturated rings. The van der Waals surface area contributed by atoms with Crippen LogP contribution in [0.1, 0.15) is 27.4 Å². The number of aromatic nitrogens is 1. The normalized spacial score (nSPS) is 14.7. The lowest BCUT2D eigenvalue weighted by Gasteiger charge is -2.09. The Kier molecular flexibility index (Phi) is 5.66. The van der Waals surface area contributed by atoms with Gasteiger partial charge >= 0.3 is 12.0 Å². The Hall–Kier alpha value is -4.66. The third-order valence-corrected chi connectivity index (χ3v) is 5.71. The number of nitrogens with zero attached hydrogens (tertiary/aromatic N) is 2. The number of benzene rings is 2. The van der Waals surface area contributed by atoms with Crippen molar-refractivity contribution in [1.82, 2.24) is 14.8 Å². The minimum absolute atomic E-state index is 0.0146. The van der Waals surface area contributed by atoms with Crippen LogP contribution < -0.4 is 5.32 Å². The van der Waals surface area contributed by atoms with Crippen molar-refractivity contribution in [3.05, 3.63) is 101 Å². The molecule has 2 aromatic carbocycles. The predicted octanol–water partition coefficient (Wildman–Crippen LogP) is 4.30. The molecular weight excluding hydrogens is 453 g/mol. The molecule has 4 aromatic rings. The Morgan fingerprint density at radius 2 is 1.83 bits per heavy atom. The van der Waals surface area contributed by atoms with Gasteiger partial charge in [-0.1, -0.05) is 30.3 Å². The SMILES string of the molecule is COC(=O)c1ccc(CN2C(=O)NC(=Cc3cn(Cc4ccc(F)cc4)c4ccccc34)C2=O)o1. The Bertz CT molecular complexity index is 1480. The van der Waals surface area contributed by atoms with Gasteiger partial charge in [0.1, 0.15) is 17.3 Å². The van der Waals surface area contributed by atoms with Gasteiger partial charge in [-0.25, -0.2) is 14.0 Å². The number of carbonyl (C=O) groups is 3. The van der Waals surface area contributed by atoms with Gasteiger partial charge in [-0.3, -0.25) is 9.69 Å². The lowest BCUT2D eigenvalue weighted by Crippen LogP contribution is -2.30. The molecule has 1 saturated heterocycles. The van der Waals surface area contributed by atoms with Crippen molar-refractivity contribution in [1.29, 1.82) is 0 Å². The summed E-state index contributed by atoms with van der Waals surface area (Å²) in [5, 5.41) is 3.51. The molecule has 35 heavy (non-hydrogen) atoms. The largest absolute Gasteiger partial charge is 0.463 e.